The molecule has 2 aromatic rings. The first-order valence-corrected chi connectivity index (χ1v) is 7.84. The molecule has 2 heterocycles. The Balaban J connectivity index is 1.86. The second-order valence-corrected chi connectivity index (χ2v) is 5.85. The number of imide groups is 1. The average Bonchev–Trinajstić information content (AvgIpc) is 3.11. The van der Waals surface area contributed by atoms with E-state index in [-0.39, 0.29) is 11.8 Å². The number of nitrogens with zero attached hydrogens (tertiary/aromatic N) is 2. The number of carbonyl (C=O) groups is 3. The third-order valence-corrected chi connectivity index (χ3v) is 4.27. The van der Waals surface area contributed by atoms with Crippen molar-refractivity contribution in [1.29, 1.82) is 0 Å². The minimum Gasteiger partial charge on any atom is -0.464 e. The Morgan fingerprint density at radius 1 is 1.12 bits per heavy atom. The molecule has 2 amide bonds. The standard InChI is InChI=1S/C19H18N2O4/c1-12(8-9-13-10-11-20(2)16(13)19(24)25-3)21-17(22)14-6-4-5-7-15(14)18(21)23/h4-12H,1-3H3/b9-8+/t12-/m0/s1. The Morgan fingerprint density at radius 3 is 2.28 bits per heavy atom. The molecule has 0 radical (unpaired) electrons. The molecule has 6 nitrogen and oxygen atoms in total. The highest BCUT2D eigenvalue weighted by atomic mass is 16.5. The van der Waals surface area contributed by atoms with Crippen LogP contribution in [0.5, 0.6) is 0 Å². The summed E-state index contributed by atoms with van der Waals surface area (Å²) in [4.78, 5) is 38.1. The molecule has 0 saturated heterocycles. The van der Waals surface area contributed by atoms with E-state index in [1.165, 1.54) is 12.0 Å². The molecule has 128 valence electrons. The Morgan fingerprint density at radius 2 is 1.72 bits per heavy atom. The summed E-state index contributed by atoms with van der Waals surface area (Å²) in [6.45, 7) is 1.76. The van der Waals surface area contributed by atoms with Crippen molar-refractivity contribution in [3.05, 3.63) is 65.0 Å². The summed E-state index contributed by atoms with van der Waals surface area (Å²) in [6.07, 6.45) is 5.20. The number of aromatic nitrogens is 1. The number of hydrogen-bond donors (Lipinski definition) is 0. The summed E-state index contributed by atoms with van der Waals surface area (Å²) in [5.74, 6) is -1.06. The zero-order chi connectivity index (χ0) is 18.1. The fraction of sp³-hybridized carbons (Fsp3) is 0.211. The van der Waals surface area contributed by atoms with Crippen LogP contribution in [0.4, 0.5) is 0 Å². The summed E-state index contributed by atoms with van der Waals surface area (Å²) < 4.78 is 6.45. The van der Waals surface area contributed by atoms with Gasteiger partial charge in [0.2, 0.25) is 0 Å². The van der Waals surface area contributed by atoms with Crippen LogP contribution in [0, 0.1) is 0 Å². The van der Waals surface area contributed by atoms with Gasteiger partial charge in [0.1, 0.15) is 5.69 Å². The van der Waals surface area contributed by atoms with E-state index in [1.807, 2.05) is 0 Å². The molecule has 0 bridgehead atoms. The zero-order valence-corrected chi connectivity index (χ0v) is 14.2. The van der Waals surface area contributed by atoms with E-state index in [1.54, 1.807) is 67.2 Å². The van der Waals surface area contributed by atoms with Crippen molar-refractivity contribution in [2.75, 3.05) is 7.11 Å². The molecule has 0 spiro atoms. The molecule has 1 aliphatic heterocycles. The molecule has 0 N–H and O–H groups in total. The predicted octanol–water partition coefficient (Wildman–Crippen LogP) is 2.51. The molecule has 25 heavy (non-hydrogen) atoms. The van der Waals surface area contributed by atoms with Gasteiger partial charge < -0.3 is 9.30 Å². The van der Waals surface area contributed by atoms with E-state index in [0.717, 1.165) is 0 Å². The zero-order valence-electron chi connectivity index (χ0n) is 14.2. The average molecular weight is 338 g/mol. The number of benzene rings is 1. The van der Waals surface area contributed by atoms with Crippen LogP contribution < -0.4 is 0 Å². The normalized spacial score (nSPS) is 14.9. The summed E-state index contributed by atoms with van der Waals surface area (Å²) in [7, 11) is 3.07. The van der Waals surface area contributed by atoms with Gasteiger partial charge in [-0.2, -0.15) is 0 Å². The van der Waals surface area contributed by atoms with Gasteiger partial charge in [-0.3, -0.25) is 14.5 Å². The van der Waals surface area contributed by atoms with Gasteiger partial charge in [-0.1, -0.05) is 24.3 Å². The number of hydrogen-bond acceptors (Lipinski definition) is 4. The first-order valence-electron chi connectivity index (χ1n) is 7.84. The third-order valence-electron chi connectivity index (χ3n) is 4.27. The minimum absolute atomic E-state index is 0.306. The Hall–Kier alpha value is -3.15. The van der Waals surface area contributed by atoms with Crippen LogP contribution >= 0.6 is 0 Å². The molecule has 1 aromatic carbocycles. The van der Waals surface area contributed by atoms with Gasteiger partial charge in [-0.05, 0) is 25.1 Å². The number of fused-ring (bicyclic) bond motifs is 1. The summed E-state index contributed by atoms with van der Waals surface area (Å²) in [5, 5.41) is 0. The number of methoxy groups -OCH3 is 1. The quantitative estimate of drug-likeness (QED) is 0.634. The number of carbonyl (C=O) groups excluding carboxylic acids is 3. The molecular formula is C19H18N2O4. The molecule has 6 heteroatoms. The van der Waals surface area contributed by atoms with Crippen molar-refractivity contribution in [2.45, 2.75) is 13.0 Å². The van der Waals surface area contributed by atoms with Gasteiger partial charge in [-0.15, -0.1) is 0 Å². The highest BCUT2D eigenvalue weighted by Crippen LogP contribution is 2.25. The van der Waals surface area contributed by atoms with Crippen LogP contribution in [-0.4, -0.2) is 40.4 Å². The first-order chi connectivity index (χ1) is 12.0. The molecule has 0 saturated carbocycles. The number of amides is 2. The SMILES string of the molecule is COC(=O)c1c(/C=C/[C@H](C)N2C(=O)c3ccccc3C2=O)ccn1C. The maximum absolute atomic E-state index is 12.5. The molecule has 3 rings (SSSR count). The van der Waals surface area contributed by atoms with Crippen molar-refractivity contribution in [3.63, 3.8) is 0 Å². The van der Waals surface area contributed by atoms with Crippen molar-refractivity contribution in [1.82, 2.24) is 9.47 Å². The highest BCUT2D eigenvalue weighted by molar-refractivity contribution is 6.21. The van der Waals surface area contributed by atoms with Gasteiger partial charge in [0.05, 0.1) is 24.3 Å². The first kappa shape index (κ1) is 16.7. The molecule has 1 atom stereocenters. The molecule has 0 aliphatic carbocycles. The van der Waals surface area contributed by atoms with Crippen molar-refractivity contribution in [2.24, 2.45) is 7.05 Å². The smallest absolute Gasteiger partial charge is 0.355 e. The lowest BCUT2D eigenvalue weighted by molar-refractivity contribution is 0.0585. The van der Waals surface area contributed by atoms with E-state index in [4.69, 9.17) is 4.74 Å². The fourth-order valence-electron chi connectivity index (χ4n) is 2.95. The van der Waals surface area contributed by atoms with Gasteiger partial charge in [0.25, 0.3) is 11.8 Å². The third kappa shape index (κ3) is 2.76. The van der Waals surface area contributed by atoms with Crippen molar-refractivity contribution >= 4 is 23.9 Å². The lowest BCUT2D eigenvalue weighted by atomic mass is 10.1. The monoisotopic (exact) mass is 338 g/mol. The van der Waals surface area contributed by atoms with Gasteiger partial charge >= 0.3 is 5.97 Å². The topological polar surface area (TPSA) is 68.6 Å². The minimum atomic E-state index is -0.446. The van der Waals surface area contributed by atoms with Crippen LogP contribution in [0.3, 0.4) is 0 Å². The highest BCUT2D eigenvalue weighted by Gasteiger charge is 2.37. The number of esters is 1. The van der Waals surface area contributed by atoms with E-state index in [9.17, 15) is 14.4 Å². The molecule has 0 fully saturated rings. The van der Waals surface area contributed by atoms with Crippen LogP contribution in [0.15, 0.2) is 42.6 Å². The second-order valence-electron chi connectivity index (χ2n) is 5.85. The molecule has 0 unspecified atom stereocenters. The van der Waals surface area contributed by atoms with Crippen molar-refractivity contribution in [3.8, 4) is 0 Å². The number of rotatable bonds is 4. The molecular weight excluding hydrogens is 320 g/mol. The van der Waals surface area contributed by atoms with Crippen LogP contribution in [-0.2, 0) is 11.8 Å². The second kappa shape index (κ2) is 6.39. The maximum atomic E-state index is 12.5. The summed E-state index contributed by atoms with van der Waals surface area (Å²) >= 11 is 0. The summed E-state index contributed by atoms with van der Waals surface area (Å²) in [5.41, 5.74) is 1.91. The van der Waals surface area contributed by atoms with E-state index >= 15 is 0 Å². The molecule has 1 aromatic heterocycles. The summed E-state index contributed by atoms with van der Waals surface area (Å²) in [6, 6.07) is 8.11. The van der Waals surface area contributed by atoms with E-state index in [0.29, 0.717) is 22.4 Å². The predicted molar refractivity (Wildman–Crippen MR) is 92.2 cm³/mol. The Labute approximate surface area is 145 Å². The van der Waals surface area contributed by atoms with Crippen molar-refractivity contribution < 1.29 is 19.1 Å². The lowest BCUT2D eigenvalue weighted by Crippen LogP contribution is -2.36. The molecule has 1 aliphatic rings. The maximum Gasteiger partial charge on any atom is 0.355 e. The Bertz CT molecular complexity index is 860. The van der Waals surface area contributed by atoms with E-state index in [2.05, 4.69) is 0 Å². The number of ether oxygens (including phenoxy) is 1. The van der Waals surface area contributed by atoms with Gasteiger partial charge in [0, 0.05) is 18.8 Å². The van der Waals surface area contributed by atoms with Crippen LogP contribution in [0.1, 0.15) is 43.7 Å². The van der Waals surface area contributed by atoms with E-state index < -0.39 is 12.0 Å². The lowest BCUT2D eigenvalue weighted by Gasteiger charge is -2.19. The largest absolute Gasteiger partial charge is 0.464 e. The fourth-order valence-corrected chi connectivity index (χ4v) is 2.95. The van der Waals surface area contributed by atoms with Crippen LogP contribution in [0.2, 0.25) is 0 Å². The van der Waals surface area contributed by atoms with Gasteiger partial charge in [0.15, 0.2) is 0 Å². The Kier molecular flexibility index (Phi) is 4.27. The van der Waals surface area contributed by atoms with Crippen LogP contribution in [0.25, 0.3) is 6.08 Å². The number of aryl methyl sites for hydroxylation is 1. The van der Waals surface area contributed by atoms with Gasteiger partial charge in [-0.25, -0.2) is 4.79 Å².